The summed E-state index contributed by atoms with van der Waals surface area (Å²) in [5.74, 6) is 0.714. The number of rotatable bonds is 8. The van der Waals surface area contributed by atoms with Crippen LogP contribution in [0.5, 0.6) is 0 Å². The van der Waals surface area contributed by atoms with Gasteiger partial charge in [-0.3, -0.25) is 9.69 Å². The number of likely N-dealkylation sites (tertiary alicyclic amines) is 1. The molecule has 0 aromatic carbocycles. The molecule has 2 atom stereocenters. The van der Waals surface area contributed by atoms with Gasteiger partial charge in [-0.15, -0.1) is 24.0 Å². The van der Waals surface area contributed by atoms with E-state index in [4.69, 9.17) is 4.74 Å². The minimum atomic E-state index is 0. The molecule has 2 unspecified atom stereocenters. The number of halogens is 1. The normalized spacial score (nSPS) is 23.6. The van der Waals surface area contributed by atoms with Gasteiger partial charge in [-0.1, -0.05) is 13.3 Å². The van der Waals surface area contributed by atoms with E-state index in [2.05, 4.69) is 27.4 Å². The monoisotopic (exact) mass is 495 g/mol. The zero-order valence-corrected chi connectivity index (χ0v) is 19.5. The summed E-state index contributed by atoms with van der Waals surface area (Å²) in [4.78, 5) is 20.5. The molecular weight excluding hydrogens is 457 g/mol. The van der Waals surface area contributed by atoms with Crippen molar-refractivity contribution in [1.29, 1.82) is 0 Å². The Balaban J connectivity index is 0.00000364. The van der Waals surface area contributed by atoms with Crippen LogP contribution in [-0.4, -0.2) is 87.2 Å². The van der Waals surface area contributed by atoms with E-state index in [0.717, 1.165) is 39.1 Å². The van der Waals surface area contributed by atoms with Crippen molar-refractivity contribution in [3.63, 3.8) is 0 Å². The van der Waals surface area contributed by atoms with Crippen molar-refractivity contribution >= 4 is 35.8 Å². The average molecular weight is 495 g/mol. The molecule has 7 nitrogen and oxygen atoms in total. The van der Waals surface area contributed by atoms with Gasteiger partial charge in [0.25, 0.3) is 0 Å². The molecule has 0 aromatic heterocycles. The molecule has 0 aliphatic carbocycles. The fourth-order valence-electron chi connectivity index (χ4n) is 3.61. The van der Waals surface area contributed by atoms with E-state index in [1.54, 1.807) is 19.0 Å². The van der Waals surface area contributed by atoms with E-state index in [9.17, 15) is 4.79 Å². The summed E-state index contributed by atoms with van der Waals surface area (Å²) < 4.78 is 5.67. The van der Waals surface area contributed by atoms with E-state index in [1.165, 1.54) is 32.2 Å². The Kier molecular flexibility index (Phi) is 12.3. The maximum absolute atomic E-state index is 11.8. The van der Waals surface area contributed by atoms with Gasteiger partial charge >= 0.3 is 0 Å². The lowest BCUT2D eigenvalue weighted by Crippen LogP contribution is -2.47. The van der Waals surface area contributed by atoms with Gasteiger partial charge in [0.05, 0.1) is 6.10 Å². The number of nitrogens with zero attached hydrogens (tertiary/aromatic N) is 3. The molecule has 0 radical (unpaired) electrons. The van der Waals surface area contributed by atoms with Gasteiger partial charge in [-0.05, 0) is 38.6 Å². The predicted molar refractivity (Wildman–Crippen MR) is 121 cm³/mol. The first-order chi connectivity index (χ1) is 12.6. The van der Waals surface area contributed by atoms with Gasteiger partial charge in [-0.2, -0.15) is 0 Å². The number of ether oxygens (including phenoxy) is 1. The van der Waals surface area contributed by atoms with Crippen LogP contribution in [0.1, 0.15) is 45.4 Å². The Hall–Kier alpha value is -0.610. The Morgan fingerprint density at radius 3 is 2.70 bits per heavy atom. The summed E-state index contributed by atoms with van der Waals surface area (Å²) in [5.41, 5.74) is 0. The van der Waals surface area contributed by atoms with Crippen LogP contribution in [0.3, 0.4) is 0 Å². The molecule has 158 valence electrons. The molecule has 0 aromatic rings. The van der Waals surface area contributed by atoms with Crippen molar-refractivity contribution < 1.29 is 9.53 Å². The molecule has 2 saturated heterocycles. The van der Waals surface area contributed by atoms with Gasteiger partial charge < -0.3 is 20.3 Å². The molecule has 0 bridgehead atoms. The summed E-state index contributed by atoms with van der Waals surface area (Å²) in [6.45, 7) is 7.07. The number of carbonyl (C=O) groups is 1. The zero-order chi connectivity index (χ0) is 18.8. The van der Waals surface area contributed by atoms with Crippen molar-refractivity contribution in [3.8, 4) is 0 Å². The fourth-order valence-corrected chi connectivity index (χ4v) is 3.61. The van der Waals surface area contributed by atoms with E-state index in [-0.39, 0.29) is 42.5 Å². The van der Waals surface area contributed by atoms with Crippen LogP contribution in [0.2, 0.25) is 0 Å². The van der Waals surface area contributed by atoms with Crippen LogP contribution < -0.4 is 10.6 Å². The van der Waals surface area contributed by atoms with E-state index >= 15 is 0 Å². The highest BCUT2D eigenvalue weighted by atomic mass is 127. The molecule has 2 heterocycles. The molecule has 2 aliphatic heterocycles. The Labute approximate surface area is 181 Å². The third-order valence-electron chi connectivity index (χ3n) is 5.30. The largest absolute Gasteiger partial charge is 0.376 e. The van der Waals surface area contributed by atoms with Crippen molar-refractivity contribution in [2.24, 2.45) is 4.99 Å². The van der Waals surface area contributed by atoms with E-state index < -0.39 is 0 Å². The van der Waals surface area contributed by atoms with Crippen LogP contribution in [-0.2, 0) is 9.53 Å². The lowest BCUT2D eigenvalue weighted by molar-refractivity contribution is -0.127. The lowest BCUT2D eigenvalue weighted by Gasteiger charge is -2.35. The minimum Gasteiger partial charge on any atom is -0.376 e. The summed E-state index contributed by atoms with van der Waals surface area (Å²) in [6.07, 6.45) is 7.64. The van der Waals surface area contributed by atoms with Gasteiger partial charge in [0.2, 0.25) is 5.91 Å². The van der Waals surface area contributed by atoms with Crippen LogP contribution >= 0.6 is 24.0 Å². The third kappa shape index (κ3) is 8.95. The van der Waals surface area contributed by atoms with Gasteiger partial charge in [0.15, 0.2) is 5.96 Å². The van der Waals surface area contributed by atoms with Crippen LogP contribution in [0.4, 0.5) is 0 Å². The number of aliphatic imine (C=N–C) groups is 1. The van der Waals surface area contributed by atoms with Crippen LogP contribution in [0.25, 0.3) is 0 Å². The minimum absolute atomic E-state index is 0. The predicted octanol–water partition coefficient (Wildman–Crippen LogP) is 1.67. The fraction of sp³-hybridized carbons (Fsp3) is 0.895. The first kappa shape index (κ1) is 24.4. The standard InChI is InChI=1S/C19H37N5O2.HI/c1-4-16-8-5-6-11-24(16)12-10-20-19(22-15-18(25)23(2)3)21-14-17-9-7-13-26-17;/h16-17H,4-15H2,1-3H3,(H2,20,21,22);1H. The quantitative estimate of drug-likeness (QED) is 0.305. The van der Waals surface area contributed by atoms with Crippen molar-refractivity contribution in [2.45, 2.75) is 57.6 Å². The van der Waals surface area contributed by atoms with Crippen LogP contribution in [0, 0.1) is 0 Å². The van der Waals surface area contributed by atoms with Crippen LogP contribution in [0.15, 0.2) is 4.99 Å². The van der Waals surface area contributed by atoms with Crippen molar-refractivity contribution in [1.82, 2.24) is 20.4 Å². The number of hydrogen-bond acceptors (Lipinski definition) is 4. The highest BCUT2D eigenvalue weighted by Gasteiger charge is 2.20. The average Bonchev–Trinajstić information content (AvgIpc) is 3.17. The first-order valence-corrected chi connectivity index (χ1v) is 10.2. The maximum Gasteiger partial charge on any atom is 0.243 e. The summed E-state index contributed by atoms with van der Waals surface area (Å²) in [7, 11) is 3.51. The molecule has 1 amide bonds. The van der Waals surface area contributed by atoms with E-state index in [0.29, 0.717) is 12.0 Å². The number of guanidine groups is 1. The van der Waals surface area contributed by atoms with Gasteiger partial charge in [0, 0.05) is 46.4 Å². The molecule has 8 heteroatoms. The molecule has 0 spiro atoms. The number of nitrogens with one attached hydrogen (secondary N) is 2. The highest BCUT2D eigenvalue weighted by Crippen LogP contribution is 2.18. The lowest BCUT2D eigenvalue weighted by atomic mass is 10.0. The molecule has 2 N–H and O–H groups in total. The number of amides is 1. The smallest absolute Gasteiger partial charge is 0.243 e. The highest BCUT2D eigenvalue weighted by molar-refractivity contribution is 14.0. The number of likely N-dealkylation sites (N-methyl/N-ethyl adjacent to an activating group) is 1. The molecule has 27 heavy (non-hydrogen) atoms. The topological polar surface area (TPSA) is 69.2 Å². The second-order valence-corrected chi connectivity index (χ2v) is 7.49. The summed E-state index contributed by atoms with van der Waals surface area (Å²) in [5, 5.41) is 6.74. The number of hydrogen-bond donors (Lipinski definition) is 2. The Morgan fingerprint density at radius 2 is 2.04 bits per heavy atom. The molecular formula is C19H38IN5O2. The summed E-state index contributed by atoms with van der Waals surface area (Å²) in [6, 6.07) is 0.709. The van der Waals surface area contributed by atoms with Crippen molar-refractivity contribution in [2.75, 3.05) is 53.4 Å². The number of carbonyl (C=O) groups excluding carboxylic acids is 1. The van der Waals surface area contributed by atoms with Gasteiger partial charge in [-0.25, -0.2) is 4.99 Å². The summed E-state index contributed by atoms with van der Waals surface area (Å²) >= 11 is 0. The Bertz CT molecular complexity index is 455. The second-order valence-electron chi connectivity index (χ2n) is 7.49. The maximum atomic E-state index is 11.8. The van der Waals surface area contributed by atoms with Gasteiger partial charge in [0.1, 0.15) is 6.54 Å². The van der Waals surface area contributed by atoms with E-state index in [1.807, 2.05) is 0 Å². The molecule has 0 saturated carbocycles. The molecule has 2 fully saturated rings. The second kappa shape index (κ2) is 13.5. The Morgan fingerprint density at radius 1 is 1.22 bits per heavy atom. The third-order valence-corrected chi connectivity index (χ3v) is 5.30. The molecule has 2 aliphatic rings. The first-order valence-electron chi connectivity index (χ1n) is 10.2. The van der Waals surface area contributed by atoms with Crippen molar-refractivity contribution in [3.05, 3.63) is 0 Å². The SMILES string of the molecule is CCC1CCCCN1CCNC(=NCC(=O)N(C)C)NCC1CCCO1.I. The number of piperidine rings is 1. The molecule has 2 rings (SSSR count). The zero-order valence-electron chi connectivity index (χ0n) is 17.2.